The molecule has 1 spiro atoms. The van der Waals surface area contributed by atoms with E-state index in [0.717, 1.165) is 45.1 Å². The minimum atomic E-state index is 0.299. The summed E-state index contributed by atoms with van der Waals surface area (Å²) < 4.78 is 0. The zero-order valence-corrected chi connectivity index (χ0v) is 15.0. The van der Waals surface area contributed by atoms with Crippen molar-refractivity contribution < 1.29 is 5.11 Å². The predicted molar refractivity (Wildman–Crippen MR) is 99.0 cm³/mol. The number of hydrogen-bond acceptors (Lipinski definition) is 4. The van der Waals surface area contributed by atoms with Crippen LogP contribution in [0.4, 0.5) is 0 Å². The molecule has 3 aliphatic rings. The van der Waals surface area contributed by atoms with Gasteiger partial charge in [-0.15, -0.1) is 0 Å². The molecular weight excluding hydrogens is 312 g/mol. The molecule has 1 aromatic rings. The molecule has 0 saturated carbocycles. The Balaban J connectivity index is 1.36. The highest BCUT2D eigenvalue weighted by atomic mass is 16.3. The first-order valence-corrected chi connectivity index (χ1v) is 9.67. The topological polar surface area (TPSA) is 55.4 Å². The second kappa shape index (κ2) is 7.44. The van der Waals surface area contributed by atoms with Gasteiger partial charge in [0.25, 0.3) is 0 Å². The van der Waals surface area contributed by atoms with Gasteiger partial charge in [0.1, 0.15) is 5.82 Å². The van der Waals surface area contributed by atoms with Crippen LogP contribution in [0.3, 0.4) is 0 Å². The number of nitrogens with zero attached hydrogens (tertiary/aromatic N) is 3. The molecule has 0 amide bonds. The number of aromatic nitrogens is 2. The van der Waals surface area contributed by atoms with E-state index in [-0.39, 0.29) is 0 Å². The Kier molecular flexibility index (Phi) is 5.06. The van der Waals surface area contributed by atoms with E-state index in [1.54, 1.807) is 0 Å². The van der Waals surface area contributed by atoms with Gasteiger partial charge >= 0.3 is 0 Å². The average Bonchev–Trinajstić information content (AvgIpc) is 3.26. The number of aliphatic hydroxyl groups excluding tert-OH is 1. The fourth-order valence-electron chi connectivity index (χ4n) is 4.88. The van der Waals surface area contributed by atoms with E-state index in [1.807, 2.05) is 12.4 Å². The number of hydrogen-bond donors (Lipinski definition) is 2. The summed E-state index contributed by atoms with van der Waals surface area (Å²) in [5.74, 6) is 1.48. The Bertz CT molecular complexity index is 614. The number of allylic oxidation sites excluding steroid dienone is 2. The van der Waals surface area contributed by atoms with Crippen LogP contribution in [0, 0.1) is 11.3 Å². The second-order valence-electron chi connectivity index (χ2n) is 7.98. The molecule has 2 saturated heterocycles. The SMILES string of the molecule is OCC1CN(CC2=CCCC=C2)CC12CCN(Cc1ncc[nH]1)CC2. The maximum Gasteiger partial charge on any atom is 0.120 e. The van der Waals surface area contributed by atoms with Crippen LogP contribution in [0.2, 0.25) is 0 Å². The normalized spacial score (nSPS) is 27.1. The summed E-state index contributed by atoms with van der Waals surface area (Å²) in [5, 5.41) is 10.00. The first-order valence-electron chi connectivity index (χ1n) is 9.67. The van der Waals surface area contributed by atoms with E-state index in [4.69, 9.17) is 0 Å². The van der Waals surface area contributed by atoms with Crippen molar-refractivity contribution in [3.8, 4) is 0 Å². The fraction of sp³-hybridized carbons (Fsp3) is 0.650. The van der Waals surface area contributed by atoms with E-state index < -0.39 is 0 Å². The summed E-state index contributed by atoms with van der Waals surface area (Å²) >= 11 is 0. The third kappa shape index (κ3) is 3.73. The monoisotopic (exact) mass is 342 g/mol. The Hall–Kier alpha value is -1.43. The van der Waals surface area contributed by atoms with Crippen LogP contribution in [-0.4, -0.2) is 64.2 Å². The molecule has 0 bridgehead atoms. The zero-order valence-electron chi connectivity index (χ0n) is 15.0. The molecule has 0 radical (unpaired) electrons. The summed E-state index contributed by atoms with van der Waals surface area (Å²) in [7, 11) is 0. The summed E-state index contributed by atoms with van der Waals surface area (Å²) in [6.45, 7) is 6.67. The van der Waals surface area contributed by atoms with Crippen molar-refractivity contribution in [1.82, 2.24) is 19.8 Å². The number of aromatic amines is 1. The molecule has 5 nitrogen and oxygen atoms in total. The van der Waals surface area contributed by atoms with Crippen molar-refractivity contribution in [2.45, 2.75) is 32.2 Å². The van der Waals surface area contributed by atoms with E-state index in [0.29, 0.717) is 17.9 Å². The molecule has 5 heteroatoms. The molecule has 2 fully saturated rings. The molecule has 0 aromatic carbocycles. The third-order valence-electron chi connectivity index (χ3n) is 6.36. The van der Waals surface area contributed by atoms with Gasteiger partial charge in [-0.2, -0.15) is 0 Å². The Morgan fingerprint density at radius 3 is 2.76 bits per heavy atom. The Labute approximate surface area is 150 Å². The molecular formula is C20H30N4O. The molecule has 2 N–H and O–H groups in total. The highest BCUT2D eigenvalue weighted by molar-refractivity contribution is 5.24. The summed E-state index contributed by atoms with van der Waals surface area (Å²) in [6.07, 6.45) is 15.4. The molecule has 4 rings (SSSR count). The van der Waals surface area contributed by atoms with Crippen molar-refractivity contribution in [3.05, 3.63) is 42.0 Å². The predicted octanol–water partition coefficient (Wildman–Crippen LogP) is 2.19. The first-order chi connectivity index (χ1) is 12.3. The van der Waals surface area contributed by atoms with Crippen LogP contribution in [0.15, 0.2) is 36.2 Å². The largest absolute Gasteiger partial charge is 0.396 e. The second-order valence-corrected chi connectivity index (χ2v) is 7.98. The lowest BCUT2D eigenvalue weighted by molar-refractivity contribution is 0.0476. The molecule has 1 aliphatic carbocycles. The standard InChI is InChI=1S/C20H30N4O/c25-15-18-13-24(12-17-4-2-1-3-5-17)16-20(18)6-10-23(11-7-20)14-19-21-8-9-22-19/h2,4-5,8-9,18,25H,1,3,6-7,10-16H2,(H,21,22). The fourth-order valence-corrected chi connectivity index (χ4v) is 4.88. The maximum atomic E-state index is 10.00. The van der Waals surface area contributed by atoms with E-state index >= 15 is 0 Å². The lowest BCUT2D eigenvalue weighted by Crippen LogP contribution is -2.44. The van der Waals surface area contributed by atoms with Crippen LogP contribution in [-0.2, 0) is 6.54 Å². The summed E-state index contributed by atoms with van der Waals surface area (Å²) in [6, 6.07) is 0. The molecule has 1 atom stereocenters. The van der Waals surface area contributed by atoms with Gasteiger partial charge in [0.15, 0.2) is 0 Å². The first kappa shape index (κ1) is 17.0. The highest BCUT2D eigenvalue weighted by Crippen LogP contribution is 2.44. The maximum absolute atomic E-state index is 10.00. The number of likely N-dealkylation sites (tertiary alicyclic amines) is 2. The van der Waals surface area contributed by atoms with Crippen LogP contribution in [0.5, 0.6) is 0 Å². The molecule has 1 unspecified atom stereocenters. The van der Waals surface area contributed by atoms with Crippen LogP contribution in [0.25, 0.3) is 0 Å². The molecule has 3 heterocycles. The highest BCUT2D eigenvalue weighted by Gasteiger charge is 2.47. The minimum Gasteiger partial charge on any atom is -0.396 e. The van der Waals surface area contributed by atoms with Gasteiger partial charge in [-0.1, -0.05) is 18.2 Å². The number of rotatable bonds is 5. The molecule has 25 heavy (non-hydrogen) atoms. The zero-order chi connectivity index (χ0) is 17.1. The van der Waals surface area contributed by atoms with Gasteiger partial charge in [0.05, 0.1) is 6.54 Å². The third-order valence-corrected chi connectivity index (χ3v) is 6.36. The van der Waals surface area contributed by atoms with Crippen molar-refractivity contribution >= 4 is 0 Å². The van der Waals surface area contributed by atoms with Gasteiger partial charge in [-0.25, -0.2) is 4.98 Å². The number of aliphatic hydroxyl groups is 1. The lowest BCUT2D eigenvalue weighted by atomic mass is 9.71. The molecule has 2 aliphatic heterocycles. The average molecular weight is 342 g/mol. The van der Waals surface area contributed by atoms with Gasteiger partial charge in [-0.05, 0) is 49.8 Å². The van der Waals surface area contributed by atoms with Crippen LogP contribution in [0.1, 0.15) is 31.5 Å². The lowest BCUT2D eigenvalue weighted by Gasteiger charge is -2.42. The molecule has 136 valence electrons. The van der Waals surface area contributed by atoms with Crippen molar-refractivity contribution in [1.29, 1.82) is 0 Å². The van der Waals surface area contributed by atoms with Gasteiger partial charge < -0.3 is 10.1 Å². The van der Waals surface area contributed by atoms with Crippen molar-refractivity contribution in [2.24, 2.45) is 11.3 Å². The number of H-pyrrole nitrogens is 1. The minimum absolute atomic E-state index is 0.299. The summed E-state index contributed by atoms with van der Waals surface area (Å²) in [4.78, 5) is 12.6. The van der Waals surface area contributed by atoms with Gasteiger partial charge in [-0.3, -0.25) is 9.80 Å². The van der Waals surface area contributed by atoms with Crippen LogP contribution >= 0.6 is 0 Å². The number of piperidine rings is 1. The Morgan fingerprint density at radius 2 is 2.08 bits per heavy atom. The van der Waals surface area contributed by atoms with Crippen LogP contribution < -0.4 is 0 Å². The van der Waals surface area contributed by atoms with Crippen molar-refractivity contribution in [2.75, 3.05) is 39.3 Å². The summed E-state index contributed by atoms with van der Waals surface area (Å²) in [5.41, 5.74) is 1.75. The van der Waals surface area contributed by atoms with Crippen molar-refractivity contribution in [3.63, 3.8) is 0 Å². The quantitative estimate of drug-likeness (QED) is 0.861. The van der Waals surface area contributed by atoms with E-state index in [2.05, 4.69) is 38.0 Å². The van der Waals surface area contributed by atoms with Gasteiger partial charge in [0.2, 0.25) is 0 Å². The van der Waals surface area contributed by atoms with Gasteiger partial charge in [0, 0.05) is 44.6 Å². The number of imidazole rings is 1. The molecule has 1 aromatic heterocycles. The Morgan fingerprint density at radius 1 is 1.20 bits per heavy atom. The number of nitrogens with one attached hydrogen (secondary N) is 1. The van der Waals surface area contributed by atoms with E-state index in [9.17, 15) is 5.11 Å². The van der Waals surface area contributed by atoms with E-state index in [1.165, 1.54) is 31.3 Å². The smallest absolute Gasteiger partial charge is 0.120 e.